The molecular formula is C34H28ClN. The number of nitrogens with zero attached hydrogens (tertiary/aromatic N) is 1. The minimum Gasteiger partial charge on any atom is -0.192 e. The summed E-state index contributed by atoms with van der Waals surface area (Å²) in [6.45, 7) is 4.55. The Balaban J connectivity index is 1.37. The Bertz CT molecular complexity index is 1610. The molecule has 0 saturated heterocycles. The van der Waals surface area contributed by atoms with Crippen LogP contribution in [0.4, 0.5) is 0 Å². The molecule has 0 unspecified atom stereocenters. The van der Waals surface area contributed by atoms with Gasteiger partial charge in [0.1, 0.15) is 0 Å². The minimum absolute atomic E-state index is 0.117. The molecule has 4 aromatic carbocycles. The molecule has 3 aliphatic carbocycles. The maximum absolute atomic E-state index is 9.45. The lowest BCUT2D eigenvalue weighted by Crippen LogP contribution is -2.28. The number of benzene rings is 4. The second-order valence-electron chi connectivity index (χ2n) is 11.4. The molecule has 0 heterocycles. The number of rotatable bonds is 1. The van der Waals surface area contributed by atoms with Gasteiger partial charge in [-0.3, -0.25) is 0 Å². The van der Waals surface area contributed by atoms with Crippen LogP contribution in [0.15, 0.2) is 72.8 Å². The van der Waals surface area contributed by atoms with Gasteiger partial charge in [0.2, 0.25) is 0 Å². The van der Waals surface area contributed by atoms with Gasteiger partial charge in [-0.25, -0.2) is 0 Å². The van der Waals surface area contributed by atoms with Gasteiger partial charge < -0.3 is 0 Å². The van der Waals surface area contributed by atoms with Crippen LogP contribution in [0.5, 0.6) is 0 Å². The zero-order valence-electron chi connectivity index (χ0n) is 20.8. The van der Waals surface area contributed by atoms with E-state index in [2.05, 4.69) is 80.6 Å². The van der Waals surface area contributed by atoms with Gasteiger partial charge in [-0.15, -0.1) is 0 Å². The van der Waals surface area contributed by atoms with Gasteiger partial charge in [-0.1, -0.05) is 81.1 Å². The van der Waals surface area contributed by atoms with Crippen molar-refractivity contribution in [3.8, 4) is 39.4 Å². The summed E-state index contributed by atoms with van der Waals surface area (Å²) in [4.78, 5) is 0. The summed E-state index contributed by atoms with van der Waals surface area (Å²) in [5.74, 6) is 0. The monoisotopic (exact) mass is 485 g/mol. The van der Waals surface area contributed by atoms with Gasteiger partial charge in [-0.2, -0.15) is 5.26 Å². The van der Waals surface area contributed by atoms with E-state index < -0.39 is 0 Å². The normalized spacial score (nSPS) is 17.7. The number of hydrogen-bond donors (Lipinski definition) is 0. The maximum Gasteiger partial charge on any atom is 0.0991 e. The first-order chi connectivity index (χ1) is 17.4. The smallest absolute Gasteiger partial charge is 0.0991 e. The molecule has 176 valence electrons. The Hall–Kier alpha value is -3.34. The molecular weight excluding hydrogens is 458 g/mol. The highest BCUT2D eigenvalue weighted by Gasteiger charge is 2.44. The van der Waals surface area contributed by atoms with E-state index in [0.29, 0.717) is 0 Å². The van der Waals surface area contributed by atoms with Crippen molar-refractivity contribution in [2.75, 3.05) is 0 Å². The molecule has 36 heavy (non-hydrogen) atoms. The first-order valence-corrected chi connectivity index (χ1v) is 13.4. The molecule has 1 spiro atoms. The Labute approximate surface area is 218 Å². The van der Waals surface area contributed by atoms with E-state index in [1.807, 2.05) is 12.1 Å². The fraction of sp³-hybridized carbons (Fsp3) is 0.265. The van der Waals surface area contributed by atoms with Gasteiger partial charge in [0.25, 0.3) is 0 Å². The van der Waals surface area contributed by atoms with Gasteiger partial charge >= 0.3 is 0 Å². The molecule has 0 bridgehead atoms. The lowest BCUT2D eigenvalue weighted by molar-refractivity contribution is 0.353. The van der Waals surface area contributed by atoms with Crippen LogP contribution in [0.2, 0.25) is 5.02 Å². The number of nitriles is 1. The van der Waals surface area contributed by atoms with Crippen molar-refractivity contribution < 1.29 is 0 Å². The van der Waals surface area contributed by atoms with Crippen molar-refractivity contribution in [1.29, 1.82) is 5.26 Å². The van der Waals surface area contributed by atoms with Gasteiger partial charge in [0, 0.05) is 15.9 Å². The van der Waals surface area contributed by atoms with Crippen LogP contribution in [-0.2, 0) is 10.8 Å². The van der Waals surface area contributed by atoms with E-state index in [9.17, 15) is 5.26 Å². The molecule has 0 radical (unpaired) electrons. The van der Waals surface area contributed by atoms with E-state index in [1.54, 1.807) is 0 Å². The summed E-state index contributed by atoms with van der Waals surface area (Å²) in [6.07, 6.45) is 6.31. The van der Waals surface area contributed by atoms with Crippen LogP contribution in [0, 0.1) is 11.3 Å². The molecule has 4 aromatic rings. The molecule has 3 aliphatic rings. The van der Waals surface area contributed by atoms with E-state index in [0.717, 1.165) is 10.6 Å². The summed E-state index contributed by atoms with van der Waals surface area (Å²) in [7, 11) is 0. The lowest BCUT2D eigenvalue weighted by atomic mass is 9.68. The lowest BCUT2D eigenvalue weighted by Gasteiger charge is -2.36. The molecule has 0 atom stereocenters. The molecule has 0 N–H and O–H groups in total. The minimum atomic E-state index is -0.139. The zero-order valence-corrected chi connectivity index (χ0v) is 21.5. The van der Waals surface area contributed by atoms with Gasteiger partial charge in [0.05, 0.1) is 11.6 Å². The van der Waals surface area contributed by atoms with Crippen LogP contribution in [-0.4, -0.2) is 0 Å². The molecule has 0 aliphatic heterocycles. The number of halogens is 1. The quantitative estimate of drug-likeness (QED) is 0.263. The standard InChI is InChI=1S/C34H28ClN/c1-33(2)30-16-21(20-36)6-10-25(30)26-11-7-23(18-31(26)33)22-8-13-29-28(17-22)27-12-9-24(35)19-32(27)34(29)14-4-3-5-15-34/h6-13,16-19H,3-5,14-15H2,1-2H3. The van der Waals surface area contributed by atoms with Crippen molar-refractivity contribution in [2.24, 2.45) is 0 Å². The number of hydrogen-bond acceptors (Lipinski definition) is 1. The van der Waals surface area contributed by atoms with Crippen molar-refractivity contribution in [2.45, 2.75) is 56.8 Å². The first kappa shape index (κ1) is 21.9. The second kappa shape index (κ2) is 7.58. The summed E-state index contributed by atoms with van der Waals surface area (Å²) in [6, 6.07) is 29.0. The summed E-state index contributed by atoms with van der Waals surface area (Å²) in [5, 5.41) is 10.3. The fourth-order valence-electron chi connectivity index (χ4n) is 7.34. The molecule has 7 rings (SSSR count). The van der Waals surface area contributed by atoms with E-state index in [1.165, 1.54) is 87.7 Å². The summed E-state index contributed by atoms with van der Waals surface area (Å²) >= 11 is 6.52. The predicted molar refractivity (Wildman–Crippen MR) is 148 cm³/mol. The van der Waals surface area contributed by atoms with Crippen LogP contribution in [0.1, 0.15) is 73.8 Å². The molecule has 0 amide bonds. The van der Waals surface area contributed by atoms with Crippen LogP contribution in [0.3, 0.4) is 0 Å². The molecule has 0 aromatic heterocycles. The first-order valence-electron chi connectivity index (χ1n) is 13.1. The zero-order chi connectivity index (χ0) is 24.7. The summed E-state index contributed by atoms with van der Waals surface area (Å²) < 4.78 is 0. The third-order valence-electron chi connectivity index (χ3n) is 9.17. The van der Waals surface area contributed by atoms with Crippen molar-refractivity contribution in [1.82, 2.24) is 0 Å². The van der Waals surface area contributed by atoms with Crippen molar-refractivity contribution >= 4 is 11.6 Å². The van der Waals surface area contributed by atoms with Crippen LogP contribution >= 0.6 is 11.6 Å². The third kappa shape index (κ3) is 2.89. The van der Waals surface area contributed by atoms with Crippen LogP contribution < -0.4 is 0 Å². The van der Waals surface area contributed by atoms with E-state index >= 15 is 0 Å². The topological polar surface area (TPSA) is 23.8 Å². The highest BCUT2D eigenvalue weighted by atomic mass is 35.5. The Morgan fingerprint density at radius 3 is 2.06 bits per heavy atom. The Kier molecular flexibility index (Phi) is 4.61. The summed E-state index contributed by atoms with van der Waals surface area (Å²) in [5.41, 5.74) is 14.0. The highest BCUT2D eigenvalue weighted by molar-refractivity contribution is 6.30. The van der Waals surface area contributed by atoms with Gasteiger partial charge in [0.15, 0.2) is 0 Å². The Morgan fingerprint density at radius 2 is 1.28 bits per heavy atom. The van der Waals surface area contributed by atoms with E-state index in [4.69, 9.17) is 11.6 Å². The van der Waals surface area contributed by atoms with Crippen molar-refractivity contribution in [3.63, 3.8) is 0 Å². The molecule has 2 heteroatoms. The molecule has 1 nitrogen and oxygen atoms in total. The predicted octanol–water partition coefficient (Wildman–Crippen LogP) is 9.42. The average molecular weight is 486 g/mol. The highest BCUT2D eigenvalue weighted by Crippen LogP contribution is 2.57. The fourth-order valence-corrected chi connectivity index (χ4v) is 7.51. The Morgan fingerprint density at radius 1 is 0.639 bits per heavy atom. The second-order valence-corrected chi connectivity index (χ2v) is 11.8. The molecule has 1 fully saturated rings. The average Bonchev–Trinajstić information content (AvgIpc) is 3.29. The maximum atomic E-state index is 9.45. The number of fused-ring (bicyclic) bond motifs is 8. The van der Waals surface area contributed by atoms with E-state index in [-0.39, 0.29) is 10.8 Å². The van der Waals surface area contributed by atoms with Crippen molar-refractivity contribution in [3.05, 3.63) is 106 Å². The third-order valence-corrected chi connectivity index (χ3v) is 9.40. The largest absolute Gasteiger partial charge is 0.192 e. The SMILES string of the molecule is CC1(C)c2cc(C#N)ccc2-c2ccc(-c3ccc4c(c3)-c3ccc(Cl)cc3C43CCCCC3)cc21. The van der Waals surface area contributed by atoms with Crippen LogP contribution in [0.25, 0.3) is 33.4 Å². The molecule has 1 saturated carbocycles. The van der Waals surface area contributed by atoms with Gasteiger partial charge in [-0.05, 0) is 105 Å².